The lowest BCUT2D eigenvalue weighted by molar-refractivity contribution is -0.123. The van der Waals surface area contributed by atoms with Gasteiger partial charge in [0.05, 0.1) is 5.41 Å². The predicted octanol–water partition coefficient (Wildman–Crippen LogP) is 2.91. The summed E-state index contributed by atoms with van der Waals surface area (Å²) in [5.41, 5.74) is -1.47. The van der Waals surface area contributed by atoms with Crippen molar-refractivity contribution in [1.29, 1.82) is 0 Å². The minimum absolute atomic E-state index is 0.252. The molecule has 0 bridgehead atoms. The van der Waals surface area contributed by atoms with Crippen LogP contribution in [-0.4, -0.2) is 12.5 Å². The fourth-order valence-electron chi connectivity index (χ4n) is 2.18. The summed E-state index contributed by atoms with van der Waals surface area (Å²) in [6.45, 7) is 4.31. The summed E-state index contributed by atoms with van der Waals surface area (Å²) in [5, 5.41) is 2.69. The maximum Gasteiger partial charge on any atom is 0.230 e. The molecule has 1 saturated carbocycles. The second kappa shape index (κ2) is 4.87. The molecule has 104 valence electrons. The van der Waals surface area contributed by atoms with E-state index in [1.807, 2.05) is 13.8 Å². The van der Waals surface area contributed by atoms with Crippen molar-refractivity contribution in [2.45, 2.75) is 32.1 Å². The first-order chi connectivity index (χ1) is 8.86. The first kappa shape index (κ1) is 13.9. The van der Waals surface area contributed by atoms with Crippen LogP contribution in [0.1, 0.15) is 32.3 Å². The summed E-state index contributed by atoms with van der Waals surface area (Å²) in [7, 11) is 0. The Bertz CT molecular complexity index is 486. The lowest BCUT2D eigenvalue weighted by atomic mass is 9.93. The van der Waals surface area contributed by atoms with Crippen molar-refractivity contribution in [3.63, 3.8) is 0 Å². The molecular weight excluding hydrogens is 255 g/mol. The van der Waals surface area contributed by atoms with Crippen molar-refractivity contribution in [3.05, 3.63) is 35.1 Å². The molecule has 2 rings (SSSR count). The Hall–Kier alpha value is -1.52. The SMILES string of the molecule is CC(C)CNC(=O)C1(c2c(F)cc(F)cc2F)CC1. The zero-order valence-corrected chi connectivity index (χ0v) is 10.9. The van der Waals surface area contributed by atoms with E-state index in [0.717, 1.165) is 0 Å². The number of hydrogen-bond donors (Lipinski definition) is 1. The highest BCUT2D eigenvalue weighted by atomic mass is 19.1. The van der Waals surface area contributed by atoms with Gasteiger partial charge in [-0.2, -0.15) is 0 Å². The van der Waals surface area contributed by atoms with Gasteiger partial charge in [0.2, 0.25) is 5.91 Å². The maximum absolute atomic E-state index is 13.7. The van der Waals surface area contributed by atoms with Gasteiger partial charge in [-0.1, -0.05) is 13.8 Å². The number of rotatable bonds is 4. The molecule has 5 heteroatoms. The van der Waals surface area contributed by atoms with Crippen LogP contribution in [0.2, 0.25) is 0 Å². The fourth-order valence-corrected chi connectivity index (χ4v) is 2.18. The molecule has 0 atom stereocenters. The van der Waals surface area contributed by atoms with Gasteiger partial charge < -0.3 is 5.32 Å². The van der Waals surface area contributed by atoms with Crippen LogP contribution in [0.4, 0.5) is 13.2 Å². The molecule has 0 heterocycles. The van der Waals surface area contributed by atoms with Gasteiger partial charge in [-0.15, -0.1) is 0 Å². The standard InChI is InChI=1S/C14H16F3NO/c1-8(2)7-18-13(19)14(3-4-14)12-10(16)5-9(15)6-11(12)17/h5-6,8H,3-4,7H2,1-2H3,(H,18,19). The van der Waals surface area contributed by atoms with Crippen LogP contribution in [0.3, 0.4) is 0 Å². The number of amides is 1. The van der Waals surface area contributed by atoms with Crippen LogP contribution in [0.15, 0.2) is 12.1 Å². The van der Waals surface area contributed by atoms with Crippen molar-refractivity contribution in [2.75, 3.05) is 6.54 Å². The minimum atomic E-state index is -1.16. The Morgan fingerprint density at radius 2 is 1.79 bits per heavy atom. The predicted molar refractivity (Wildman–Crippen MR) is 65.1 cm³/mol. The molecule has 1 amide bonds. The van der Waals surface area contributed by atoms with Crippen LogP contribution in [-0.2, 0) is 10.2 Å². The number of carbonyl (C=O) groups excluding carboxylic acids is 1. The van der Waals surface area contributed by atoms with E-state index in [1.54, 1.807) is 0 Å². The summed E-state index contributed by atoms with van der Waals surface area (Å²) in [4.78, 5) is 12.1. The zero-order valence-electron chi connectivity index (χ0n) is 10.9. The molecule has 1 aliphatic rings. The number of benzene rings is 1. The van der Waals surface area contributed by atoms with Crippen molar-refractivity contribution >= 4 is 5.91 Å². The molecule has 1 aliphatic carbocycles. The summed E-state index contributed by atoms with van der Waals surface area (Å²) >= 11 is 0. The topological polar surface area (TPSA) is 29.1 Å². The third-order valence-corrected chi connectivity index (χ3v) is 3.34. The summed E-state index contributed by atoms with van der Waals surface area (Å²) in [6.07, 6.45) is 0.771. The molecule has 2 nitrogen and oxygen atoms in total. The lowest BCUT2D eigenvalue weighted by Gasteiger charge is -2.18. The van der Waals surface area contributed by atoms with E-state index in [4.69, 9.17) is 0 Å². The Balaban J connectivity index is 2.28. The van der Waals surface area contributed by atoms with E-state index < -0.39 is 22.9 Å². The maximum atomic E-state index is 13.7. The number of carbonyl (C=O) groups is 1. The second-order valence-electron chi connectivity index (χ2n) is 5.43. The fraction of sp³-hybridized carbons (Fsp3) is 0.500. The van der Waals surface area contributed by atoms with Crippen molar-refractivity contribution in [1.82, 2.24) is 5.32 Å². The van der Waals surface area contributed by atoms with Crippen molar-refractivity contribution in [3.8, 4) is 0 Å². The average Bonchev–Trinajstić information content (AvgIpc) is 3.05. The molecule has 0 unspecified atom stereocenters. The third kappa shape index (κ3) is 2.60. The van der Waals surface area contributed by atoms with Gasteiger partial charge in [-0.25, -0.2) is 13.2 Å². The van der Waals surface area contributed by atoms with Gasteiger partial charge in [-0.3, -0.25) is 4.79 Å². The number of hydrogen-bond acceptors (Lipinski definition) is 1. The Morgan fingerprint density at radius 3 is 2.21 bits per heavy atom. The highest BCUT2D eigenvalue weighted by Crippen LogP contribution is 2.50. The van der Waals surface area contributed by atoms with Gasteiger partial charge in [0, 0.05) is 24.2 Å². The van der Waals surface area contributed by atoms with E-state index in [1.165, 1.54) is 0 Å². The Kier molecular flexibility index (Phi) is 3.56. The Morgan fingerprint density at radius 1 is 1.26 bits per heavy atom. The van der Waals surface area contributed by atoms with Crippen LogP contribution in [0, 0.1) is 23.4 Å². The first-order valence-corrected chi connectivity index (χ1v) is 6.30. The minimum Gasteiger partial charge on any atom is -0.355 e. The van der Waals surface area contributed by atoms with E-state index in [0.29, 0.717) is 31.5 Å². The third-order valence-electron chi connectivity index (χ3n) is 3.34. The van der Waals surface area contributed by atoms with Crippen LogP contribution < -0.4 is 5.32 Å². The smallest absolute Gasteiger partial charge is 0.230 e. The van der Waals surface area contributed by atoms with Crippen molar-refractivity contribution < 1.29 is 18.0 Å². The summed E-state index contributed by atoms with van der Waals surface area (Å²) < 4.78 is 40.4. The highest BCUT2D eigenvalue weighted by Gasteiger charge is 2.54. The number of halogens is 3. The molecule has 1 aromatic carbocycles. The van der Waals surface area contributed by atoms with Crippen LogP contribution in [0.25, 0.3) is 0 Å². The van der Waals surface area contributed by atoms with Gasteiger partial charge in [-0.05, 0) is 18.8 Å². The molecule has 1 N–H and O–H groups in total. The van der Waals surface area contributed by atoms with Gasteiger partial charge in [0.15, 0.2) is 0 Å². The van der Waals surface area contributed by atoms with Gasteiger partial charge >= 0.3 is 0 Å². The zero-order chi connectivity index (χ0) is 14.2. The molecule has 1 fully saturated rings. The van der Waals surface area contributed by atoms with E-state index >= 15 is 0 Å². The summed E-state index contributed by atoms with van der Waals surface area (Å²) in [5.74, 6) is -3.09. The normalized spacial score (nSPS) is 16.5. The molecule has 0 aliphatic heterocycles. The average molecular weight is 271 g/mol. The molecule has 0 aromatic heterocycles. The van der Waals surface area contributed by atoms with Crippen LogP contribution in [0.5, 0.6) is 0 Å². The van der Waals surface area contributed by atoms with Crippen molar-refractivity contribution in [2.24, 2.45) is 5.92 Å². The van der Waals surface area contributed by atoms with Gasteiger partial charge in [0.1, 0.15) is 17.5 Å². The molecule has 1 aromatic rings. The second-order valence-corrected chi connectivity index (χ2v) is 5.43. The first-order valence-electron chi connectivity index (χ1n) is 6.30. The van der Waals surface area contributed by atoms with Gasteiger partial charge in [0.25, 0.3) is 0 Å². The van der Waals surface area contributed by atoms with Crippen LogP contribution >= 0.6 is 0 Å². The van der Waals surface area contributed by atoms with E-state index in [9.17, 15) is 18.0 Å². The number of nitrogens with one attached hydrogen (secondary N) is 1. The Labute approximate surface area is 110 Å². The molecule has 0 spiro atoms. The molecule has 19 heavy (non-hydrogen) atoms. The van der Waals surface area contributed by atoms with E-state index in [-0.39, 0.29) is 17.4 Å². The molecule has 0 saturated heterocycles. The highest BCUT2D eigenvalue weighted by molar-refractivity contribution is 5.91. The molecule has 0 radical (unpaired) electrons. The van der Waals surface area contributed by atoms with E-state index in [2.05, 4.69) is 5.32 Å². The quantitative estimate of drug-likeness (QED) is 0.896. The monoisotopic (exact) mass is 271 g/mol. The lowest BCUT2D eigenvalue weighted by Crippen LogP contribution is -2.37. The largest absolute Gasteiger partial charge is 0.355 e. The summed E-state index contributed by atoms with van der Waals surface area (Å²) in [6, 6.07) is 1.24. The molecular formula is C14H16F3NO.